The summed E-state index contributed by atoms with van der Waals surface area (Å²) >= 11 is 0. The van der Waals surface area contributed by atoms with E-state index in [-0.39, 0.29) is 11.5 Å². The maximum atomic E-state index is 12.8. The van der Waals surface area contributed by atoms with Crippen LogP contribution in [0.3, 0.4) is 0 Å². The first-order valence-electron chi connectivity index (χ1n) is 7.48. The molecule has 0 N–H and O–H groups in total. The predicted molar refractivity (Wildman–Crippen MR) is 89.5 cm³/mol. The van der Waals surface area contributed by atoms with Crippen molar-refractivity contribution in [3.63, 3.8) is 0 Å². The molecule has 1 aromatic heterocycles. The molecule has 0 unspecified atom stereocenters. The SMILES string of the molecule is CC(=O)Oc1cc(C)ccc1C(=O)c1cnn(-c2ccccc2)c1. The van der Waals surface area contributed by atoms with Crippen LogP contribution >= 0.6 is 0 Å². The van der Waals surface area contributed by atoms with E-state index >= 15 is 0 Å². The van der Waals surface area contributed by atoms with Gasteiger partial charge in [-0.05, 0) is 36.8 Å². The second kappa shape index (κ2) is 6.50. The first-order chi connectivity index (χ1) is 11.5. The van der Waals surface area contributed by atoms with Gasteiger partial charge < -0.3 is 4.74 Å². The van der Waals surface area contributed by atoms with Crippen LogP contribution in [0.2, 0.25) is 0 Å². The molecule has 0 bridgehead atoms. The molecule has 0 aliphatic rings. The second-order valence-electron chi connectivity index (χ2n) is 5.43. The lowest BCUT2D eigenvalue weighted by Crippen LogP contribution is -2.08. The zero-order valence-corrected chi connectivity index (χ0v) is 13.4. The quantitative estimate of drug-likeness (QED) is 0.420. The smallest absolute Gasteiger partial charge is 0.308 e. The predicted octanol–water partition coefficient (Wildman–Crippen LogP) is 3.34. The summed E-state index contributed by atoms with van der Waals surface area (Å²) in [7, 11) is 0. The minimum absolute atomic E-state index is 0.242. The van der Waals surface area contributed by atoms with Gasteiger partial charge in [-0.2, -0.15) is 5.10 Å². The number of hydrogen-bond acceptors (Lipinski definition) is 4. The van der Waals surface area contributed by atoms with Gasteiger partial charge in [-0.3, -0.25) is 9.59 Å². The molecule has 0 atom stereocenters. The van der Waals surface area contributed by atoms with Gasteiger partial charge in [0.1, 0.15) is 5.75 Å². The molecule has 24 heavy (non-hydrogen) atoms. The molecule has 2 aromatic carbocycles. The lowest BCUT2D eigenvalue weighted by Gasteiger charge is -2.08. The third kappa shape index (κ3) is 3.25. The molecule has 0 spiro atoms. The Morgan fingerprint density at radius 1 is 1.08 bits per heavy atom. The van der Waals surface area contributed by atoms with Crippen molar-refractivity contribution in [3.05, 3.63) is 77.6 Å². The van der Waals surface area contributed by atoms with Crippen LogP contribution in [0.15, 0.2) is 60.9 Å². The van der Waals surface area contributed by atoms with E-state index in [0.29, 0.717) is 11.1 Å². The molecule has 3 aromatic rings. The van der Waals surface area contributed by atoms with Crippen LogP contribution < -0.4 is 4.74 Å². The van der Waals surface area contributed by atoms with Gasteiger partial charge >= 0.3 is 5.97 Å². The second-order valence-corrected chi connectivity index (χ2v) is 5.43. The maximum absolute atomic E-state index is 12.8. The lowest BCUT2D eigenvalue weighted by atomic mass is 10.0. The largest absolute Gasteiger partial charge is 0.426 e. The number of nitrogens with zero attached hydrogens (tertiary/aromatic N) is 2. The van der Waals surface area contributed by atoms with E-state index in [1.54, 1.807) is 23.0 Å². The van der Waals surface area contributed by atoms with Crippen molar-refractivity contribution >= 4 is 11.8 Å². The summed E-state index contributed by atoms with van der Waals surface area (Å²) in [6.45, 7) is 3.18. The lowest BCUT2D eigenvalue weighted by molar-refractivity contribution is -0.131. The molecule has 3 rings (SSSR count). The highest BCUT2D eigenvalue weighted by molar-refractivity contribution is 6.10. The Morgan fingerprint density at radius 3 is 2.54 bits per heavy atom. The van der Waals surface area contributed by atoms with Crippen LogP contribution in [-0.2, 0) is 4.79 Å². The van der Waals surface area contributed by atoms with Crippen molar-refractivity contribution in [1.29, 1.82) is 0 Å². The fourth-order valence-electron chi connectivity index (χ4n) is 2.37. The molecule has 5 heteroatoms. The Kier molecular flexibility index (Phi) is 4.24. The Balaban J connectivity index is 1.95. The van der Waals surface area contributed by atoms with Crippen molar-refractivity contribution in [3.8, 4) is 11.4 Å². The third-order valence-corrected chi connectivity index (χ3v) is 3.50. The number of hydrogen-bond donors (Lipinski definition) is 0. The number of rotatable bonds is 4. The van der Waals surface area contributed by atoms with E-state index in [0.717, 1.165) is 11.3 Å². The topological polar surface area (TPSA) is 61.2 Å². The molecular formula is C19H16N2O3. The average molecular weight is 320 g/mol. The van der Waals surface area contributed by atoms with Gasteiger partial charge in [-0.1, -0.05) is 24.3 Å². The zero-order valence-electron chi connectivity index (χ0n) is 13.4. The Hall–Kier alpha value is -3.21. The number of ketones is 1. The molecule has 0 saturated heterocycles. The molecule has 0 fully saturated rings. The van der Waals surface area contributed by atoms with Crippen LogP contribution in [0.1, 0.15) is 28.4 Å². The number of para-hydroxylation sites is 1. The summed E-state index contributed by atoms with van der Waals surface area (Å²) in [5, 5.41) is 4.23. The monoisotopic (exact) mass is 320 g/mol. The zero-order chi connectivity index (χ0) is 17.1. The molecular weight excluding hydrogens is 304 g/mol. The Bertz CT molecular complexity index is 898. The van der Waals surface area contributed by atoms with Crippen LogP contribution in [0.5, 0.6) is 5.75 Å². The van der Waals surface area contributed by atoms with E-state index in [4.69, 9.17) is 4.74 Å². The molecule has 0 saturated carbocycles. The summed E-state index contributed by atoms with van der Waals surface area (Å²) < 4.78 is 6.81. The van der Waals surface area contributed by atoms with Crippen LogP contribution in [0.25, 0.3) is 5.69 Å². The Morgan fingerprint density at radius 2 is 1.83 bits per heavy atom. The number of ether oxygens (including phenoxy) is 1. The van der Waals surface area contributed by atoms with Crippen molar-refractivity contribution in [2.24, 2.45) is 0 Å². The first kappa shape index (κ1) is 15.7. The van der Waals surface area contributed by atoms with Gasteiger partial charge in [0.15, 0.2) is 5.78 Å². The van der Waals surface area contributed by atoms with Crippen molar-refractivity contribution in [1.82, 2.24) is 9.78 Å². The fraction of sp³-hybridized carbons (Fsp3) is 0.105. The molecule has 5 nitrogen and oxygen atoms in total. The standard InChI is InChI=1S/C19H16N2O3/c1-13-8-9-17(18(10-13)24-14(2)22)19(23)15-11-20-21(12-15)16-6-4-3-5-7-16/h3-12H,1-2H3. The molecule has 0 amide bonds. The minimum Gasteiger partial charge on any atom is -0.426 e. The average Bonchev–Trinajstić information content (AvgIpc) is 3.05. The highest BCUT2D eigenvalue weighted by atomic mass is 16.5. The van der Waals surface area contributed by atoms with Gasteiger partial charge in [0.25, 0.3) is 0 Å². The minimum atomic E-state index is -0.463. The van der Waals surface area contributed by atoms with Crippen LogP contribution in [-0.4, -0.2) is 21.5 Å². The Labute approximate surface area is 139 Å². The van der Waals surface area contributed by atoms with Crippen LogP contribution in [0, 0.1) is 6.92 Å². The molecule has 0 radical (unpaired) electrons. The summed E-state index contributed by atoms with van der Waals surface area (Å²) in [6, 6.07) is 14.7. The number of aromatic nitrogens is 2. The summed E-state index contributed by atoms with van der Waals surface area (Å²) in [6.07, 6.45) is 3.17. The van der Waals surface area contributed by atoms with E-state index in [9.17, 15) is 9.59 Å². The van der Waals surface area contributed by atoms with E-state index < -0.39 is 5.97 Å². The van der Waals surface area contributed by atoms with E-state index in [1.807, 2.05) is 43.3 Å². The normalized spacial score (nSPS) is 10.4. The highest BCUT2D eigenvalue weighted by Gasteiger charge is 2.18. The van der Waals surface area contributed by atoms with E-state index in [2.05, 4.69) is 5.10 Å². The fourth-order valence-corrected chi connectivity index (χ4v) is 2.37. The van der Waals surface area contributed by atoms with Gasteiger partial charge in [0.2, 0.25) is 0 Å². The molecule has 0 aliphatic carbocycles. The van der Waals surface area contributed by atoms with Gasteiger partial charge in [0.05, 0.1) is 23.0 Å². The number of carbonyl (C=O) groups excluding carboxylic acids is 2. The van der Waals surface area contributed by atoms with Gasteiger partial charge in [-0.15, -0.1) is 0 Å². The number of esters is 1. The highest BCUT2D eigenvalue weighted by Crippen LogP contribution is 2.24. The van der Waals surface area contributed by atoms with Crippen molar-refractivity contribution < 1.29 is 14.3 Å². The van der Waals surface area contributed by atoms with Crippen molar-refractivity contribution in [2.75, 3.05) is 0 Å². The first-order valence-corrected chi connectivity index (χ1v) is 7.48. The maximum Gasteiger partial charge on any atom is 0.308 e. The summed E-state index contributed by atoms with van der Waals surface area (Å²) in [5.41, 5.74) is 2.53. The van der Waals surface area contributed by atoms with E-state index in [1.165, 1.54) is 13.1 Å². The van der Waals surface area contributed by atoms with Crippen molar-refractivity contribution in [2.45, 2.75) is 13.8 Å². The molecule has 1 heterocycles. The summed E-state index contributed by atoms with van der Waals surface area (Å²) in [5.74, 6) is -0.442. The third-order valence-electron chi connectivity index (χ3n) is 3.50. The molecule has 120 valence electrons. The van der Waals surface area contributed by atoms with Crippen LogP contribution in [0.4, 0.5) is 0 Å². The number of carbonyl (C=O) groups is 2. The summed E-state index contributed by atoms with van der Waals surface area (Å²) in [4.78, 5) is 24.0. The van der Waals surface area contributed by atoms with Gasteiger partial charge in [-0.25, -0.2) is 4.68 Å². The molecule has 0 aliphatic heterocycles. The van der Waals surface area contributed by atoms with Gasteiger partial charge in [0, 0.05) is 13.1 Å². The number of aryl methyl sites for hydroxylation is 1. The number of benzene rings is 2.